The van der Waals surface area contributed by atoms with Gasteiger partial charge in [0.2, 0.25) is 5.89 Å². The molecule has 4 aromatic rings. The van der Waals surface area contributed by atoms with Crippen LogP contribution in [0, 0.1) is 0 Å². The molecule has 9 nitrogen and oxygen atoms in total. The zero-order valence-corrected chi connectivity index (χ0v) is 15.8. The van der Waals surface area contributed by atoms with Crippen molar-refractivity contribution in [2.24, 2.45) is 0 Å². The van der Waals surface area contributed by atoms with Crippen molar-refractivity contribution in [1.29, 1.82) is 0 Å². The number of amides is 2. The number of hydrogen-bond acceptors (Lipinski definition) is 7. The maximum Gasteiger partial charge on any atom is 0.261 e. The summed E-state index contributed by atoms with van der Waals surface area (Å²) in [6.07, 6.45) is 1.97. The number of carbonyl (C=O) groups is 2. The van der Waals surface area contributed by atoms with Gasteiger partial charge in [-0.1, -0.05) is 42.5 Å². The molecular formula is C21H16N6O3. The highest BCUT2D eigenvalue weighted by molar-refractivity contribution is 6.21. The Kier molecular flexibility index (Phi) is 4.40. The van der Waals surface area contributed by atoms with Crippen LogP contribution in [0.3, 0.4) is 0 Å². The first-order valence-corrected chi connectivity index (χ1v) is 9.41. The van der Waals surface area contributed by atoms with E-state index in [-0.39, 0.29) is 24.9 Å². The molecule has 0 saturated carbocycles. The number of tetrazole rings is 1. The number of hydrogen-bond donors (Lipinski definition) is 0. The highest BCUT2D eigenvalue weighted by atomic mass is 16.4. The van der Waals surface area contributed by atoms with Crippen LogP contribution in [0.25, 0.3) is 11.3 Å². The van der Waals surface area contributed by atoms with Crippen LogP contribution in [0.1, 0.15) is 32.4 Å². The van der Waals surface area contributed by atoms with Crippen molar-refractivity contribution in [2.45, 2.75) is 13.0 Å². The molecule has 0 atom stereocenters. The molecule has 0 unspecified atom stereocenters. The molecule has 0 fully saturated rings. The van der Waals surface area contributed by atoms with Gasteiger partial charge >= 0.3 is 0 Å². The van der Waals surface area contributed by atoms with Crippen LogP contribution in [0.4, 0.5) is 0 Å². The fourth-order valence-corrected chi connectivity index (χ4v) is 3.34. The van der Waals surface area contributed by atoms with E-state index in [4.69, 9.17) is 4.42 Å². The van der Waals surface area contributed by atoms with E-state index >= 15 is 0 Å². The van der Waals surface area contributed by atoms with Crippen molar-refractivity contribution < 1.29 is 14.0 Å². The predicted molar refractivity (Wildman–Crippen MR) is 104 cm³/mol. The van der Waals surface area contributed by atoms with Gasteiger partial charge in [-0.15, -0.1) is 10.2 Å². The maximum absolute atomic E-state index is 12.4. The zero-order chi connectivity index (χ0) is 20.5. The minimum atomic E-state index is -0.295. The van der Waals surface area contributed by atoms with Crippen molar-refractivity contribution in [3.63, 3.8) is 0 Å². The minimum absolute atomic E-state index is 0.190. The summed E-state index contributed by atoms with van der Waals surface area (Å²) in [4.78, 5) is 31.7. The molecule has 1 aliphatic rings. The second-order valence-corrected chi connectivity index (χ2v) is 6.78. The van der Waals surface area contributed by atoms with Gasteiger partial charge in [0, 0.05) is 18.5 Å². The number of oxazole rings is 1. The number of rotatable bonds is 6. The Morgan fingerprint density at radius 3 is 2.33 bits per heavy atom. The van der Waals surface area contributed by atoms with E-state index in [0.717, 1.165) is 5.56 Å². The molecule has 0 spiro atoms. The number of aromatic nitrogens is 5. The molecule has 2 aromatic carbocycles. The molecule has 148 valence electrons. The van der Waals surface area contributed by atoms with Crippen LogP contribution in [-0.2, 0) is 13.0 Å². The van der Waals surface area contributed by atoms with Gasteiger partial charge in [0.15, 0.2) is 11.6 Å². The minimum Gasteiger partial charge on any atom is -0.439 e. The maximum atomic E-state index is 12.4. The lowest BCUT2D eigenvalue weighted by molar-refractivity contribution is 0.0655. The van der Waals surface area contributed by atoms with Gasteiger partial charge in [0.05, 0.1) is 17.3 Å². The van der Waals surface area contributed by atoms with E-state index in [0.29, 0.717) is 35.0 Å². The van der Waals surface area contributed by atoms with Crippen LogP contribution in [-0.4, -0.2) is 48.5 Å². The van der Waals surface area contributed by atoms with Crippen molar-refractivity contribution >= 4 is 11.8 Å². The average Bonchev–Trinajstić information content (AvgIpc) is 3.49. The fraction of sp³-hybridized carbons (Fsp3) is 0.143. The van der Waals surface area contributed by atoms with Gasteiger partial charge in [0.1, 0.15) is 6.54 Å². The molecule has 0 bridgehead atoms. The molecule has 5 rings (SSSR count). The predicted octanol–water partition coefficient (Wildman–Crippen LogP) is 2.22. The summed E-state index contributed by atoms with van der Waals surface area (Å²) < 4.78 is 5.75. The molecule has 30 heavy (non-hydrogen) atoms. The Balaban J connectivity index is 1.22. The monoisotopic (exact) mass is 400 g/mol. The summed E-state index contributed by atoms with van der Waals surface area (Å²) in [5, 5.41) is 12.3. The second kappa shape index (κ2) is 7.36. The molecule has 0 N–H and O–H groups in total. The van der Waals surface area contributed by atoms with Crippen LogP contribution in [0.15, 0.2) is 65.2 Å². The average molecular weight is 400 g/mol. The number of imide groups is 1. The summed E-state index contributed by atoms with van der Waals surface area (Å²) >= 11 is 0. The number of benzene rings is 2. The first kappa shape index (κ1) is 17.9. The quantitative estimate of drug-likeness (QED) is 0.457. The zero-order valence-electron chi connectivity index (χ0n) is 15.8. The molecule has 2 aromatic heterocycles. The third kappa shape index (κ3) is 3.26. The number of carbonyl (C=O) groups excluding carboxylic acids is 2. The molecule has 9 heteroatoms. The van der Waals surface area contributed by atoms with Crippen LogP contribution in [0.2, 0.25) is 0 Å². The lowest BCUT2D eigenvalue weighted by atomic mass is 10.1. The summed E-state index contributed by atoms with van der Waals surface area (Å²) in [6, 6.07) is 16.5. The highest BCUT2D eigenvalue weighted by Gasteiger charge is 2.34. The summed E-state index contributed by atoms with van der Waals surface area (Å²) in [6.45, 7) is 0.419. The molecular weight excluding hydrogens is 384 g/mol. The Hall–Kier alpha value is -4.14. The van der Waals surface area contributed by atoms with Crippen LogP contribution < -0.4 is 0 Å². The molecule has 0 saturated heterocycles. The van der Waals surface area contributed by atoms with Crippen LogP contribution >= 0.6 is 0 Å². The van der Waals surface area contributed by atoms with E-state index in [2.05, 4.69) is 20.4 Å². The number of fused-ring (bicyclic) bond motifs is 1. The van der Waals surface area contributed by atoms with Crippen LogP contribution in [0.5, 0.6) is 0 Å². The SMILES string of the molecule is O=C1c2ccccc2C(=O)N1CCc1nnn(Cc2ncc(-c3ccccc3)o2)n1. The number of nitrogens with zero attached hydrogens (tertiary/aromatic N) is 6. The fourth-order valence-electron chi connectivity index (χ4n) is 3.34. The molecule has 2 amide bonds. The van der Waals surface area contributed by atoms with Crippen molar-refractivity contribution in [3.05, 3.63) is 83.6 Å². The molecule has 3 heterocycles. The van der Waals surface area contributed by atoms with Gasteiger partial charge in [-0.25, -0.2) is 4.98 Å². The standard InChI is InChI=1S/C21H16N6O3/c28-20-15-8-4-5-9-16(15)21(29)26(20)11-10-18-23-25-27(24-18)13-19-22-12-17(30-19)14-6-2-1-3-7-14/h1-9,12H,10-11,13H2. The molecule has 0 aliphatic carbocycles. The molecule has 1 aliphatic heterocycles. The van der Waals surface area contributed by atoms with Gasteiger partial charge in [-0.3, -0.25) is 14.5 Å². The van der Waals surface area contributed by atoms with Gasteiger partial charge < -0.3 is 4.42 Å². The first-order chi connectivity index (χ1) is 14.7. The van der Waals surface area contributed by atoms with E-state index in [1.807, 2.05) is 30.3 Å². The van der Waals surface area contributed by atoms with E-state index in [1.54, 1.807) is 30.5 Å². The van der Waals surface area contributed by atoms with Gasteiger partial charge in [0.25, 0.3) is 11.8 Å². The summed E-state index contributed by atoms with van der Waals surface area (Å²) in [7, 11) is 0. The van der Waals surface area contributed by atoms with E-state index in [1.165, 1.54) is 9.70 Å². The second-order valence-electron chi connectivity index (χ2n) is 6.78. The molecule has 0 radical (unpaired) electrons. The Labute approximate surface area is 171 Å². The lowest BCUT2D eigenvalue weighted by Crippen LogP contribution is -2.32. The third-order valence-electron chi connectivity index (χ3n) is 4.82. The largest absolute Gasteiger partial charge is 0.439 e. The van der Waals surface area contributed by atoms with Crippen molar-refractivity contribution in [2.75, 3.05) is 6.54 Å². The van der Waals surface area contributed by atoms with Gasteiger partial charge in [-0.05, 0) is 17.3 Å². The Bertz CT molecular complexity index is 1200. The highest BCUT2D eigenvalue weighted by Crippen LogP contribution is 2.22. The first-order valence-electron chi connectivity index (χ1n) is 9.41. The Morgan fingerprint density at radius 2 is 1.60 bits per heavy atom. The van der Waals surface area contributed by atoms with Crippen molar-refractivity contribution in [3.8, 4) is 11.3 Å². The third-order valence-corrected chi connectivity index (χ3v) is 4.82. The Morgan fingerprint density at radius 1 is 0.900 bits per heavy atom. The van der Waals surface area contributed by atoms with Gasteiger partial charge in [-0.2, -0.15) is 4.80 Å². The smallest absolute Gasteiger partial charge is 0.261 e. The topological polar surface area (TPSA) is 107 Å². The van der Waals surface area contributed by atoms with E-state index in [9.17, 15) is 9.59 Å². The van der Waals surface area contributed by atoms with Crippen molar-refractivity contribution in [1.82, 2.24) is 30.1 Å². The summed E-state index contributed by atoms with van der Waals surface area (Å²) in [5.41, 5.74) is 1.79. The van der Waals surface area contributed by atoms with E-state index < -0.39 is 0 Å². The normalized spacial score (nSPS) is 13.1. The lowest BCUT2D eigenvalue weighted by Gasteiger charge is -2.11. The summed E-state index contributed by atoms with van der Waals surface area (Å²) in [5.74, 6) is 0.962.